The number of hydrogen-bond donors (Lipinski definition) is 1. The summed E-state index contributed by atoms with van der Waals surface area (Å²) in [5.41, 5.74) is 3.09. The highest BCUT2D eigenvalue weighted by molar-refractivity contribution is 5.44. The average molecular weight is 224 g/mol. The Morgan fingerprint density at radius 3 is 1.76 bits per heavy atom. The van der Waals surface area contributed by atoms with Crippen molar-refractivity contribution in [2.24, 2.45) is 0 Å². The van der Waals surface area contributed by atoms with Crippen molar-refractivity contribution in [2.75, 3.05) is 0 Å². The van der Waals surface area contributed by atoms with Gasteiger partial charge in [0.15, 0.2) is 5.75 Å². The van der Waals surface area contributed by atoms with E-state index in [1.807, 2.05) is 31.2 Å². The molecule has 2 nitrogen and oxygen atoms in total. The van der Waals surface area contributed by atoms with Gasteiger partial charge in [0.25, 0.3) is 0 Å². The van der Waals surface area contributed by atoms with Crippen molar-refractivity contribution in [3.63, 3.8) is 0 Å². The fourth-order valence-electron chi connectivity index (χ4n) is 1.38. The third-order valence-corrected chi connectivity index (χ3v) is 2.36. The van der Waals surface area contributed by atoms with Crippen LogP contribution in [-0.4, -0.2) is 5.26 Å². The molecule has 0 aliphatic carbocycles. The van der Waals surface area contributed by atoms with Crippen LogP contribution in [0.2, 0.25) is 0 Å². The molecule has 0 saturated carbocycles. The highest BCUT2D eigenvalue weighted by Gasteiger charge is 1.91. The lowest BCUT2D eigenvalue weighted by atomic mass is 10.1. The molecule has 2 heteroatoms. The van der Waals surface area contributed by atoms with Crippen molar-refractivity contribution in [3.05, 3.63) is 65.2 Å². The van der Waals surface area contributed by atoms with Crippen molar-refractivity contribution >= 4 is 0 Å². The standard InChI is InChI=1S/C15H12O2/c1-12-2-4-13(5-3-12)6-7-14-8-10-15(17-16)11-9-14/h2-5,8-11,16H,1H3. The molecule has 0 fully saturated rings. The summed E-state index contributed by atoms with van der Waals surface area (Å²) in [7, 11) is 0. The van der Waals surface area contributed by atoms with Crippen LogP contribution < -0.4 is 4.89 Å². The molecule has 0 radical (unpaired) electrons. The minimum atomic E-state index is 0.408. The van der Waals surface area contributed by atoms with E-state index in [0.717, 1.165) is 11.1 Å². The summed E-state index contributed by atoms with van der Waals surface area (Å²) in [6.45, 7) is 2.05. The largest absolute Gasteiger partial charge is 0.340 e. The highest BCUT2D eigenvalue weighted by atomic mass is 17.1. The molecule has 0 aromatic heterocycles. The van der Waals surface area contributed by atoms with Crippen molar-refractivity contribution in [2.45, 2.75) is 6.92 Å². The van der Waals surface area contributed by atoms with Gasteiger partial charge in [-0.05, 0) is 43.3 Å². The smallest absolute Gasteiger partial charge is 0.165 e. The van der Waals surface area contributed by atoms with Crippen LogP contribution in [-0.2, 0) is 0 Å². The molecule has 0 atom stereocenters. The molecule has 0 aliphatic rings. The number of rotatable bonds is 1. The molecule has 2 aromatic rings. The molecule has 84 valence electrons. The Morgan fingerprint density at radius 1 is 0.824 bits per heavy atom. The van der Waals surface area contributed by atoms with Gasteiger partial charge in [0.2, 0.25) is 0 Å². The van der Waals surface area contributed by atoms with E-state index in [4.69, 9.17) is 5.26 Å². The normalized spacial score (nSPS) is 9.29. The van der Waals surface area contributed by atoms with Gasteiger partial charge in [-0.25, -0.2) is 5.26 Å². The van der Waals surface area contributed by atoms with Crippen LogP contribution in [0, 0.1) is 18.8 Å². The van der Waals surface area contributed by atoms with Crippen molar-refractivity contribution in [1.82, 2.24) is 0 Å². The first-order chi connectivity index (χ1) is 8.28. The van der Waals surface area contributed by atoms with Gasteiger partial charge in [-0.3, -0.25) is 0 Å². The Bertz CT molecular complexity index is 542. The van der Waals surface area contributed by atoms with E-state index in [-0.39, 0.29) is 0 Å². The Hall–Kier alpha value is -2.24. The van der Waals surface area contributed by atoms with Gasteiger partial charge in [-0.2, -0.15) is 0 Å². The monoisotopic (exact) mass is 224 g/mol. The molecular weight excluding hydrogens is 212 g/mol. The summed E-state index contributed by atoms with van der Waals surface area (Å²) in [6.07, 6.45) is 0. The van der Waals surface area contributed by atoms with Crippen molar-refractivity contribution in [3.8, 4) is 17.6 Å². The SMILES string of the molecule is Cc1ccc(C#Cc2ccc(OO)cc2)cc1. The summed E-state index contributed by atoms with van der Waals surface area (Å²) in [5, 5.41) is 8.43. The first-order valence-electron chi connectivity index (χ1n) is 5.28. The van der Waals surface area contributed by atoms with E-state index >= 15 is 0 Å². The number of aryl methyl sites for hydroxylation is 1. The zero-order valence-corrected chi connectivity index (χ0v) is 9.47. The third kappa shape index (κ3) is 3.10. The molecule has 2 aromatic carbocycles. The predicted molar refractivity (Wildman–Crippen MR) is 66.9 cm³/mol. The van der Waals surface area contributed by atoms with Crippen LogP contribution >= 0.6 is 0 Å². The molecule has 1 N–H and O–H groups in total. The molecule has 17 heavy (non-hydrogen) atoms. The third-order valence-electron chi connectivity index (χ3n) is 2.36. The fourth-order valence-corrected chi connectivity index (χ4v) is 1.38. The average Bonchev–Trinajstić information content (AvgIpc) is 2.39. The van der Waals surface area contributed by atoms with Gasteiger partial charge >= 0.3 is 0 Å². The van der Waals surface area contributed by atoms with E-state index in [1.54, 1.807) is 24.3 Å². The van der Waals surface area contributed by atoms with Crippen molar-refractivity contribution < 1.29 is 10.1 Å². The zero-order chi connectivity index (χ0) is 12.1. The van der Waals surface area contributed by atoms with Crippen LogP contribution in [0.1, 0.15) is 16.7 Å². The Balaban J connectivity index is 2.17. The van der Waals surface area contributed by atoms with Crippen LogP contribution in [0.15, 0.2) is 48.5 Å². The molecular formula is C15H12O2. The summed E-state index contributed by atoms with van der Waals surface area (Å²) < 4.78 is 0. The minimum Gasteiger partial charge on any atom is -0.340 e. The van der Waals surface area contributed by atoms with E-state index in [1.165, 1.54) is 5.56 Å². The lowest BCUT2D eigenvalue weighted by Gasteiger charge is -1.95. The Morgan fingerprint density at radius 2 is 1.29 bits per heavy atom. The lowest BCUT2D eigenvalue weighted by molar-refractivity contribution is -0.137. The van der Waals surface area contributed by atoms with Gasteiger partial charge in [0, 0.05) is 11.1 Å². The molecule has 0 bridgehead atoms. The summed E-state index contributed by atoms with van der Waals surface area (Å²) in [5.74, 6) is 6.53. The first kappa shape index (κ1) is 11.3. The maximum absolute atomic E-state index is 8.43. The van der Waals surface area contributed by atoms with Gasteiger partial charge in [-0.1, -0.05) is 29.5 Å². The lowest BCUT2D eigenvalue weighted by Crippen LogP contribution is -1.83. The van der Waals surface area contributed by atoms with Crippen LogP contribution in [0.5, 0.6) is 5.75 Å². The number of benzene rings is 2. The predicted octanol–water partition coefficient (Wildman–Crippen LogP) is 3.25. The fraction of sp³-hybridized carbons (Fsp3) is 0.0667. The van der Waals surface area contributed by atoms with Crippen LogP contribution in [0.25, 0.3) is 0 Å². The molecule has 0 spiro atoms. The second-order valence-corrected chi connectivity index (χ2v) is 3.73. The highest BCUT2D eigenvalue weighted by Crippen LogP contribution is 2.10. The van der Waals surface area contributed by atoms with E-state index in [0.29, 0.717) is 5.75 Å². The van der Waals surface area contributed by atoms with Gasteiger partial charge in [0.1, 0.15) is 0 Å². The van der Waals surface area contributed by atoms with Gasteiger partial charge in [-0.15, -0.1) is 0 Å². The topological polar surface area (TPSA) is 29.5 Å². The molecule has 0 unspecified atom stereocenters. The Labute approximate surface area is 100 Å². The molecule has 0 aliphatic heterocycles. The van der Waals surface area contributed by atoms with Crippen molar-refractivity contribution in [1.29, 1.82) is 0 Å². The van der Waals surface area contributed by atoms with Gasteiger partial charge in [0.05, 0.1) is 0 Å². The summed E-state index contributed by atoms with van der Waals surface area (Å²) in [4.78, 5) is 4.10. The minimum absolute atomic E-state index is 0.408. The van der Waals surface area contributed by atoms with E-state index < -0.39 is 0 Å². The summed E-state index contributed by atoms with van der Waals surface area (Å²) >= 11 is 0. The van der Waals surface area contributed by atoms with E-state index in [2.05, 4.69) is 16.7 Å². The van der Waals surface area contributed by atoms with E-state index in [9.17, 15) is 0 Å². The Kier molecular flexibility index (Phi) is 3.44. The first-order valence-corrected chi connectivity index (χ1v) is 5.28. The molecule has 0 amide bonds. The maximum Gasteiger partial charge on any atom is 0.165 e. The maximum atomic E-state index is 8.43. The summed E-state index contributed by atoms with van der Waals surface area (Å²) in [6, 6.07) is 15.0. The molecule has 0 saturated heterocycles. The number of hydrogen-bond acceptors (Lipinski definition) is 2. The molecule has 2 rings (SSSR count). The second kappa shape index (κ2) is 5.20. The van der Waals surface area contributed by atoms with Crippen LogP contribution in [0.4, 0.5) is 0 Å². The second-order valence-electron chi connectivity index (χ2n) is 3.73. The van der Waals surface area contributed by atoms with Crippen LogP contribution in [0.3, 0.4) is 0 Å². The quantitative estimate of drug-likeness (QED) is 0.457. The van der Waals surface area contributed by atoms with Gasteiger partial charge < -0.3 is 4.89 Å². The molecule has 0 heterocycles. The zero-order valence-electron chi connectivity index (χ0n) is 9.47.